The average molecular weight is 293 g/mol. The first-order valence-electron chi connectivity index (χ1n) is 5.41. The van der Waals surface area contributed by atoms with Crippen molar-refractivity contribution in [1.82, 2.24) is 0 Å². The molecule has 2 aromatic rings. The molecule has 0 fully saturated rings. The van der Waals surface area contributed by atoms with Gasteiger partial charge in [0.15, 0.2) is 5.78 Å². The van der Waals surface area contributed by atoms with Crippen LogP contribution in [0.25, 0.3) is 10.8 Å². The Hall–Kier alpha value is -1.35. The van der Waals surface area contributed by atoms with Crippen LogP contribution in [0.1, 0.15) is 16.8 Å². The maximum atomic E-state index is 11.8. The van der Waals surface area contributed by atoms with Gasteiger partial charge in [0.2, 0.25) is 0 Å². The zero-order chi connectivity index (χ0) is 12.3. The molecule has 88 valence electrons. The van der Waals surface area contributed by atoms with Gasteiger partial charge in [-0.05, 0) is 29.0 Å². The molecule has 0 aliphatic heterocycles. The minimum atomic E-state index is 0.166. The van der Waals surface area contributed by atoms with Crippen LogP contribution in [0.15, 0.2) is 36.4 Å². The quantitative estimate of drug-likeness (QED) is 0.633. The zero-order valence-electron chi connectivity index (χ0n) is 9.57. The van der Waals surface area contributed by atoms with Crippen molar-refractivity contribution in [3.8, 4) is 5.75 Å². The number of halogens is 1. The van der Waals surface area contributed by atoms with Gasteiger partial charge in [0.1, 0.15) is 5.75 Å². The van der Waals surface area contributed by atoms with Gasteiger partial charge >= 0.3 is 0 Å². The van der Waals surface area contributed by atoms with Crippen molar-refractivity contribution in [3.05, 3.63) is 42.0 Å². The lowest BCUT2D eigenvalue weighted by molar-refractivity contribution is 0.0990. The molecule has 0 aliphatic rings. The van der Waals surface area contributed by atoms with Crippen molar-refractivity contribution in [1.29, 1.82) is 0 Å². The molecule has 0 saturated heterocycles. The molecule has 2 aromatic carbocycles. The minimum Gasteiger partial charge on any atom is -0.497 e. The zero-order valence-corrected chi connectivity index (χ0v) is 11.2. The van der Waals surface area contributed by atoms with Crippen LogP contribution in [0.2, 0.25) is 0 Å². The first-order valence-corrected chi connectivity index (χ1v) is 6.53. The second kappa shape index (κ2) is 5.32. The largest absolute Gasteiger partial charge is 0.497 e. The molecule has 17 heavy (non-hydrogen) atoms. The SMILES string of the molecule is COc1ccc2cc(C(=O)CCBr)ccc2c1. The third-order valence-corrected chi connectivity index (χ3v) is 3.09. The first-order chi connectivity index (χ1) is 8.24. The van der Waals surface area contributed by atoms with Gasteiger partial charge in [0.25, 0.3) is 0 Å². The van der Waals surface area contributed by atoms with E-state index in [9.17, 15) is 4.79 Å². The summed E-state index contributed by atoms with van der Waals surface area (Å²) >= 11 is 3.28. The fourth-order valence-electron chi connectivity index (χ4n) is 1.75. The Morgan fingerprint density at radius 3 is 2.59 bits per heavy atom. The van der Waals surface area contributed by atoms with Crippen molar-refractivity contribution in [2.24, 2.45) is 0 Å². The molecule has 2 nitrogen and oxygen atoms in total. The lowest BCUT2D eigenvalue weighted by Gasteiger charge is -2.04. The normalized spacial score (nSPS) is 10.5. The van der Waals surface area contributed by atoms with Gasteiger partial charge < -0.3 is 4.74 Å². The van der Waals surface area contributed by atoms with E-state index in [1.807, 2.05) is 36.4 Å². The van der Waals surface area contributed by atoms with Crippen LogP contribution < -0.4 is 4.74 Å². The smallest absolute Gasteiger partial charge is 0.163 e. The molecule has 0 aromatic heterocycles. The van der Waals surface area contributed by atoms with E-state index in [1.54, 1.807) is 7.11 Å². The molecule has 0 heterocycles. The number of ketones is 1. The molecule has 2 rings (SSSR count). The van der Waals surface area contributed by atoms with Gasteiger partial charge in [0.05, 0.1) is 7.11 Å². The molecule has 0 N–H and O–H groups in total. The van der Waals surface area contributed by atoms with E-state index in [1.165, 1.54) is 0 Å². The summed E-state index contributed by atoms with van der Waals surface area (Å²) in [5.41, 5.74) is 0.766. The second-order valence-corrected chi connectivity index (χ2v) is 4.58. The fourth-order valence-corrected chi connectivity index (χ4v) is 2.11. The van der Waals surface area contributed by atoms with Crippen molar-refractivity contribution >= 4 is 32.5 Å². The van der Waals surface area contributed by atoms with E-state index in [0.717, 1.165) is 22.1 Å². The predicted octanol–water partition coefficient (Wildman–Crippen LogP) is 3.82. The van der Waals surface area contributed by atoms with E-state index >= 15 is 0 Å². The summed E-state index contributed by atoms with van der Waals surface area (Å²) in [6.07, 6.45) is 0.529. The Morgan fingerprint density at radius 2 is 1.88 bits per heavy atom. The summed E-state index contributed by atoms with van der Waals surface area (Å²) in [6, 6.07) is 11.6. The fraction of sp³-hybridized carbons (Fsp3) is 0.214. The molecular formula is C14H13BrO2. The number of ether oxygens (including phenoxy) is 1. The number of hydrogen-bond acceptors (Lipinski definition) is 2. The molecule has 0 bridgehead atoms. The van der Waals surface area contributed by atoms with Gasteiger partial charge in [-0.25, -0.2) is 0 Å². The van der Waals surface area contributed by atoms with E-state index < -0.39 is 0 Å². The standard InChI is InChI=1S/C14H13BrO2/c1-17-13-5-4-10-8-12(14(16)6-7-15)3-2-11(10)9-13/h2-5,8-9H,6-7H2,1H3. The highest BCUT2D eigenvalue weighted by atomic mass is 79.9. The van der Waals surface area contributed by atoms with Crippen LogP contribution >= 0.6 is 15.9 Å². The topological polar surface area (TPSA) is 26.3 Å². The van der Waals surface area contributed by atoms with Crippen molar-refractivity contribution in [2.45, 2.75) is 6.42 Å². The summed E-state index contributed by atoms with van der Waals surface area (Å²) in [5.74, 6) is 0.997. The van der Waals surface area contributed by atoms with Gasteiger partial charge in [-0.15, -0.1) is 0 Å². The monoisotopic (exact) mass is 292 g/mol. The third kappa shape index (κ3) is 2.67. The number of hydrogen-bond donors (Lipinski definition) is 0. The van der Waals surface area contributed by atoms with Gasteiger partial charge in [-0.2, -0.15) is 0 Å². The van der Waals surface area contributed by atoms with Crippen molar-refractivity contribution in [3.63, 3.8) is 0 Å². The summed E-state index contributed by atoms with van der Waals surface area (Å²) in [5, 5.41) is 2.85. The van der Waals surface area contributed by atoms with Crippen LogP contribution in [0.5, 0.6) is 5.75 Å². The Bertz CT molecular complexity index is 549. The Labute approximate surface area is 109 Å². The Morgan fingerprint density at radius 1 is 1.18 bits per heavy atom. The number of alkyl halides is 1. The summed E-state index contributed by atoms with van der Waals surface area (Å²) < 4.78 is 5.17. The van der Waals surface area contributed by atoms with E-state index in [2.05, 4.69) is 15.9 Å². The van der Waals surface area contributed by atoms with Gasteiger partial charge in [-0.3, -0.25) is 4.79 Å². The third-order valence-electron chi connectivity index (χ3n) is 2.69. The molecule has 0 unspecified atom stereocenters. The second-order valence-electron chi connectivity index (χ2n) is 3.79. The number of benzene rings is 2. The lowest BCUT2D eigenvalue weighted by Crippen LogP contribution is -1.99. The molecule has 0 atom stereocenters. The maximum Gasteiger partial charge on any atom is 0.163 e. The van der Waals surface area contributed by atoms with Crippen LogP contribution in [-0.2, 0) is 0 Å². The molecule has 0 spiro atoms. The molecule has 0 saturated carbocycles. The molecular weight excluding hydrogens is 280 g/mol. The van der Waals surface area contributed by atoms with E-state index in [-0.39, 0.29) is 5.78 Å². The van der Waals surface area contributed by atoms with Crippen LogP contribution in [0, 0.1) is 0 Å². The summed E-state index contributed by atoms with van der Waals surface area (Å²) in [7, 11) is 1.65. The molecule has 0 radical (unpaired) electrons. The summed E-state index contributed by atoms with van der Waals surface area (Å²) in [6.45, 7) is 0. The van der Waals surface area contributed by atoms with Crippen LogP contribution in [0.3, 0.4) is 0 Å². The lowest BCUT2D eigenvalue weighted by atomic mass is 10.0. The predicted molar refractivity (Wildman–Crippen MR) is 73.2 cm³/mol. The Kier molecular flexibility index (Phi) is 3.79. The number of Topliss-reactive ketones (excluding diaryl/α,β-unsaturated/α-hetero) is 1. The molecule has 3 heteroatoms. The van der Waals surface area contributed by atoms with Crippen molar-refractivity contribution in [2.75, 3.05) is 12.4 Å². The van der Waals surface area contributed by atoms with Gasteiger partial charge in [-0.1, -0.05) is 34.1 Å². The number of methoxy groups -OCH3 is 1. The minimum absolute atomic E-state index is 0.166. The van der Waals surface area contributed by atoms with Crippen molar-refractivity contribution < 1.29 is 9.53 Å². The number of carbonyl (C=O) groups excluding carboxylic acids is 1. The van der Waals surface area contributed by atoms with Gasteiger partial charge in [0, 0.05) is 17.3 Å². The van der Waals surface area contributed by atoms with E-state index in [0.29, 0.717) is 11.8 Å². The highest BCUT2D eigenvalue weighted by Crippen LogP contribution is 2.22. The highest BCUT2D eigenvalue weighted by molar-refractivity contribution is 9.09. The number of rotatable bonds is 4. The summed E-state index contributed by atoms with van der Waals surface area (Å²) in [4.78, 5) is 11.8. The Balaban J connectivity index is 2.41. The van der Waals surface area contributed by atoms with E-state index in [4.69, 9.17) is 4.74 Å². The number of carbonyl (C=O) groups is 1. The van der Waals surface area contributed by atoms with Crippen LogP contribution in [0.4, 0.5) is 0 Å². The first kappa shape index (κ1) is 12.1. The molecule has 0 amide bonds. The van der Waals surface area contributed by atoms with Crippen LogP contribution in [-0.4, -0.2) is 18.2 Å². The maximum absolute atomic E-state index is 11.8. The highest BCUT2D eigenvalue weighted by Gasteiger charge is 2.06. The molecule has 0 aliphatic carbocycles. The average Bonchev–Trinajstić information content (AvgIpc) is 2.37. The number of fused-ring (bicyclic) bond motifs is 1.